The smallest absolute Gasteiger partial charge is 0.347 e. The Bertz CT molecular complexity index is 2170. The Morgan fingerprint density at radius 3 is 2.08 bits per heavy atom. The van der Waals surface area contributed by atoms with E-state index in [-0.39, 0.29) is 49.9 Å². The zero-order valence-corrected chi connectivity index (χ0v) is 25.1. The van der Waals surface area contributed by atoms with Gasteiger partial charge in [0.25, 0.3) is 0 Å². The lowest BCUT2D eigenvalue weighted by Gasteiger charge is -2.46. The van der Waals surface area contributed by atoms with Crippen molar-refractivity contribution in [3.05, 3.63) is 47.5 Å². The average Bonchev–Trinajstić information content (AvgIpc) is 3.71. The van der Waals surface area contributed by atoms with Crippen LogP contribution in [-0.4, -0.2) is 136 Å². The number of phenolic OH excluding ortho intramolecular Hbond substituents is 2. The van der Waals surface area contributed by atoms with Gasteiger partial charge < -0.3 is 74.5 Å². The van der Waals surface area contributed by atoms with E-state index in [2.05, 4.69) is 4.98 Å². The Morgan fingerprint density at radius 2 is 1.39 bits per heavy atom. The number of benzene rings is 3. The fourth-order valence-electron chi connectivity index (χ4n) is 7.31. The second kappa shape index (κ2) is 11.3. The number of phenols is 2. The first-order valence-electron chi connectivity index (χ1n) is 15.3. The molecule has 10 N–H and O–H groups in total. The van der Waals surface area contributed by atoms with Crippen LogP contribution in [0.25, 0.3) is 43.6 Å². The summed E-state index contributed by atoms with van der Waals surface area (Å²) in [5, 5.41) is 96.0. The molecule has 3 aliphatic rings. The standard InChI is InChI=1S/C32H30N2O15/c35-7-15-23(39)24(40)27(43)32(47-15)48-28-16(8-36)46-29(26(42)25(28)41)34-14-6-10(38)2-4-12(14)18-20-19(30(44)49-31(20)45)17-11-3-1-9(37)5-13(11)33-21(17)22(18)34/h1-6,15-16,23-29,32-33,35-43H,7-8H2/t15-,16-,23-,24+,25-,26-,27-,28-,29-,32+/m1/s1. The van der Waals surface area contributed by atoms with Gasteiger partial charge in [0.2, 0.25) is 0 Å². The van der Waals surface area contributed by atoms with Gasteiger partial charge in [0, 0.05) is 33.7 Å². The van der Waals surface area contributed by atoms with Gasteiger partial charge in [-0.05, 0) is 24.3 Å². The van der Waals surface area contributed by atoms with Crippen LogP contribution in [-0.2, 0) is 18.9 Å². The third-order valence-corrected chi connectivity index (χ3v) is 9.58. The highest BCUT2D eigenvalue weighted by atomic mass is 16.7. The van der Waals surface area contributed by atoms with Crippen LogP contribution in [0.4, 0.5) is 0 Å². The lowest BCUT2D eigenvalue weighted by Crippen LogP contribution is -2.63. The zero-order chi connectivity index (χ0) is 34.6. The van der Waals surface area contributed by atoms with Gasteiger partial charge in [0.1, 0.15) is 60.3 Å². The quantitative estimate of drug-likeness (QED) is 0.0782. The number of hydrogen-bond donors (Lipinski definition) is 10. The van der Waals surface area contributed by atoms with E-state index in [1.54, 1.807) is 6.07 Å². The van der Waals surface area contributed by atoms with Crippen molar-refractivity contribution in [2.24, 2.45) is 0 Å². The van der Waals surface area contributed by atoms with Gasteiger partial charge in [-0.15, -0.1) is 0 Å². The first-order chi connectivity index (χ1) is 23.4. The third-order valence-electron chi connectivity index (χ3n) is 9.58. The summed E-state index contributed by atoms with van der Waals surface area (Å²) in [6, 6.07) is 8.50. The molecule has 5 heterocycles. The van der Waals surface area contributed by atoms with Crippen LogP contribution >= 0.6 is 0 Å². The van der Waals surface area contributed by atoms with Gasteiger partial charge in [0.05, 0.1) is 46.4 Å². The Labute approximate surface area is 273 Å². The van der Waals surface area contributed by atoms with Crippen molar-refractivity contribution in [3.8, 4) is 11.5 Å². The number of rotatable bonds is 5. The molecule has 3 aliphatic heterocycles. The minimum absolute atomic E-state index is 0.0389. The molecule has 0 spiro atoms. The minimum Gasteiger partial charge on any atom is -0.508 e. The van der Waals surface area contributed by atoms with E-state index in [4.69, 9.17) is 18.9 Å². The number of carbonyl (C=O) groups is 2. The number of nitrogens with one attached hydrogen (secondary N) is 1. The summed E-state index contributed by atoms with van der Waals surface area (Å²) < 4.78 is 23.7. The topological polar surface area (TPSA) is 274 Å². The molecule has 0 radical (unpaired) electrons. The number of aromatic amines is 1. The number of hydrogen-bond acceptors (Lipinski definition) is 15. The maximum atomic E-state index is 13.3. The monoisotopic (exact) mass is 682 g/mol. The van der Waals surface area contributed by atoms with Crippen molar-refractivity contribution in [1.82, 2.24) is 9.55 Å². The molecule has 17 heteroatoms. The van der Waals surface area contributed by atoms with Crippen LogP contribution in [0.1, 0.15) is 26.9 Å². The minimum atomic E-state index is -1.89. The summed E-state index contributed by atoms with van der Waals surface area (Å²) >= 11 is 0. The summed E-state index contributed by atoms with van der Waals surface area (Å²) in [7, 11) is 0. The third kappa shape index (κ3) is 4.49. The fourth-order valence-corrected chi connectivity index (χ4v) is 7.31. The highest BCUT2D eigenvalue weighted by molar-refractivity contribution is 6.36. The Hall–Kier alpha value is -4.40. The molecule has 2 fully saturated rings. The summed E-state index contributed by atoms with van der Waals surface area (Å²) in [6.45, 7) is -1.57. The summed E-state index contributed by atoms with van der Waals surface area (Å²) in [5.74, 6) is -2.17. The fraction of sp³-hybridized carbons (Fsp3) is 0.375. The number of carbonyl (C=O) groups excluding carboxylic acids is 2. The Kier molecular flexibility index (Phi) is 7.36. The zero-order valence-electron chi connectivity index (χ0n) is 25.1. The van der Waals surface area contributed by atoms with E-state index >= 15 is 0 Å². The molecule has 0 bridgehead atoms. The molecule has 0 aliphatic carbocycles. The molecule has 0 unspecified atom stereocenters. The van der Waals surface area contributed by atoms with E-state index in [9.17, 15) is 55.5 Å². The first kappa shape index (κ1) is 31.8. The van der Waals surface area contributed by atoms with Crippen molar-refractivity contribution >= 4 is 55.6 Å². The number of H-pyrrole nitrogens is 1. The van der Waals surface area contributed by atoms with Crippen LogP contribution in [0.2, 0.25) is 0 Å². The SMILES string of the molecule is O=C1OC(=O)c2c1c1c3ccc(O)cc3[nH]c1c1c2c2ccc(O)cc2n1[C@@H]1O[C@H](CO)[C@@H](O[C@@H]2O[C@H](CO)[C@@H](O)[C@H](O)[C@H]2O)[C@H](O)[C@H]1O. The summed E-state index contributed by atoms with van der Waals surface area (Å²) in [5.41, 5.74) is 0.856. The predicted molar refractivity (Wildman–Crippen MR) is 164 cm³/mol. The van der Waals surface area contributed by atoms with Crippen LogP contribution in [0.3, 0.4) is 0 Å². The predicted octanol–water partition coefficient (Wildman–Crippen LogP) is -1.05. The summed E-state index contributed by atoms with van der Waals surface area (Å²) in [4.78, 5) is 29.6. The lowest BCUT2D eigenvalue weighted by molar-refractivity contribution is -0.346. The molecular formula is C32H30N2O15. The van der Waals surface area contributed by atoms with Crippen LogP contribution in [0.5, 0.6) is 11.5 Å². The number of nitrogens with zero attached hydrogens (tertiary/aromatic N) is 1. The normalized spacial score (nSPS) is 32.1. The van der Waals surface area contributed by atoms with Crippen molar-refractivity contribution < 1.29 is 74.5 Å². The first-order valence-corrected chi connectivity index (χ1v) is 15.3. The maximum absolute atomic E-state index is 13.3. The Balaban J connectivity index is 1.32. The number of aromatic hydroxyl groups is 2. The number of ether oxygens (including phenoxy) is 4. The molecule has 5 aromatic rings. The molecule has 258 valence electrons. The molecule has 2 aromatic heterocycles. The highest BCUT2D eigenvalue weighted by Gasteiger charge is 2.51. The lowest BCUT2D eigenvalue weighted by atomic mass is 9.95. The largest absolute Gasteiger partial charge is 0.508 e. The second-order valence-electron chi connectivity index (χ2n) is 12.4. The molecule has 8 rings (SSSR count). The van der Waals surface area contributed by atoms with E-state index in [1.807, 2.05) is 0 Å². The van der Waals surface area contributed by atoms with Crippen LogP contribution in [0, 0.1) is 0 Å². The number of aliphatic hydroxyl groups excluding tert-OH is 7. The number of esters is 2. The molecule has 2 saturated heterocycles. The van der Waals surface area contributed by atoms with E-state index < -0.39 is 86.5 Å². The molecule has 17 nitrogen and oxygen atoms in total. The molecule has 10 atom stereocenters. The number of aliphatic hydroxyl groups is 7. The number of aromatic nitrogens is 2. The van der Waals surface area contributed by atoms with Crippen LogP contribution < -0.4 is 0 Å². The second-order valence-corrected chi connectivity index (χ2v) is 12.4. The molecular weight excluding hydrogens is 652 g/mol. The number of fused-ring (bicyclic) bond motifs is 10. The molecule has 0 amide bonds. The Morgan fingerprint density at radius 1 is 0.735 bits per heavy atom. The molecule has 3 aromatic carbocycles. The average molecular weight is 683 g/mol. The van der Waals surface area contributed by atoms with Gasteiger partial charge in [-0.2, -0.15) is 0 Å². The van der Waals surface area contributed by atoms with E-state index in [0.717, 1.165) is 0 Å². The van der Waals surface area contributed by atoms with E-state index in [1.165, 1.54) is 34.9 Å². The maximum Gasteiger partial charge on any atom is 0.347 e. The van der Waals surface area contributed by atoms with Gasteiger partial charge in [0.15, 0.2) is 12.5 Å². The van der Waals surface area contributed by atoms with Crippen molar-refractivity contribution in [1.29, 1.82) is 0 Å². The van der Waals surface area contributed by atoms with Gasteiger partial charge >= 0.3 is 11.9 Å². The van der Waals surface area contributed by atoms with Crippen molar-refractivity contribution in [3.63, 3.8) is 0 Å². The van der Waals surface area contributed by atoms with Crippen LogP contribution in [0.15, 0.2) is 36.4 Å². The van der Waals surface area contributed by atoms with Crippen molar-refractivity contribution in [2.75, 3.05) is 13.2 Å². The summed E-state index contributed by atoms with van der Waals surface area (Å²) in [6.07, 6.45) is -16.8. The van der Waals surface area contributed by atoms with E-state index in [0.29, 0.717) is 16.3 Å². The van der Waals surface area contributed by atoms with Crippen molar-refractivity contribution in [2.45, 2.75) is 61.3 Å². The molecule has 49 heavy (non-hydrogen) atoms. The van der Waals surface area contributed by atoms with Gasteiger partial charge in [-0.1, -0.05) is 0 Å². The number of cyclic esters (lactones) is 2. The molecule has 0 saturated carbocycles. The highest BCUT2D eigenvalue weighted by Crippen LogP contribution is 2.48. The van der Waals surface area contributed by atoms with Gasteiger partial charge in [-0.25, -0.2) is 9.59 Å². The van der Waals surface area contributed by atoms with Gasteiger partial charge in [-0.3, -0.25) is 0 Å².